The Morgan fingerprint density at radius 2 is 1.85 bits per heavy atom. The number of aromatic nitrogens is 2. The number of hydrogen-bond acceptors (Lipinski definition) is 5. The van der Waals surface area contributed by atoms with Gasteiger partial charge < -0.3 is 24.1 Å². The van der Waals surface area contributed by atoms with Crippen molar-refractivity contribution < 1.29 is 19.1 Å². The van der Waals surface area contributed by atoms with Crippen molar-refractivity contribution in [2.45, 2.75) is 13.5 Å². The van der Waals surface area contributed by atoms with Crippen molar-refractivity contribution in [2.75, 3.05) is 25.5 Å². The van der Waals surface area contributed by atoms with Crippen LogP contribution >= 0.6 is 0 Å². The van der Waals surface area contributed by atoms with Crippen molar-refractivity contribution in [2.24, 2.45) is 0 Å². The summed E-state index contributed by atoms with van der Waals surface area (Å²) in [6.07, 6.45) is 3.83. The number of nitrogens with one attached hydrogen (secondary N) is 1. The van der Waals surface area contributed by atoms with E-state index < -0.39 is 0 Å². The number of imidazole rings is 1. The Morgan fingerprint density at radius 3 is 2.59 bits per heavy atom. The van der Waals surface area contributed by atoms with Gasteiger partial charge in [-0.3, -0.25) is 9.59 Å². The first-order valence-electron chi connectivity index (χ1n) is 10.9. The van der Waals surface area contributed by atoms with E-state index in [-0.39, 0.29) is 25.0 Å². The Hall–Kier alpha value is -4.33. The fraction of sp³-hybridized carbons (Fsp3) is 0.192. The highest BCUT2D eigenvalue weighted by Gasteiger charge is 2.18. The molecule has 174 valence electrons. The van der Waals surface area contributed by atoms with Crippen molar-refractivity contribution in [1.82, 2.24) is 14.3 Å². The third-order valence-electron chi connectivity index (χ3n) is 5.26. The average molecular weight is 459 g/mol. The summed E-state index contributed by atoms with van der Waals surface area (Å²) in [7, 11) is 1.58. The van der Waals surface area contributed by atoms with Gasteiger partial charge in [-0.25, -0.2) is 4.98 Å². The fourth-order valence-corrected chi connectivity index (χ4v) is 3.49. The van der Waals surface area contributed by atoms with Gasteiger partial charge in [-0.15, -0.1) is 0 Å². The van der Waals surface area contributed by atoms with Crippen molar-refractivity contribution in [3.8, 4) is 11.5 Å². The SMILES string of the molecule is CCN(CC(=O)Nc1ccc(OC)cc1)C(=O)c1cccc(OCc2cn3ccccc3n2)c1. The summed E-state index contributed by atoms with van der Waals surface area (Å²) in [6, 6.07) is 19.8. The molecule has 0 saturated heterocycles. The van der Waals surface area contributed by atoms with E-state index in [0.717, 1.165) is 11.3 Å². The molecule has 0 unspecified atom stereocenters. The number of hydrogen-bond donors (Lipinski definition) is 1. The van der Waals surface area contributed by atoms with Crippen LogP contribution in [0.25, 0.3) is 5.65 Å². The van der Waals surface area contributed by atoms with Crippen LogP contribution in [-0.4, -0.2) is 46.3 Å². The van der Waals surface area contributed by atoms with Crippen molar-refractivity contribution >= 4 is 23.1 Å². The molecule has 8 nitrogen and oxygen atoms in total. The number of carbonyl (C=O) groups is 2. The lowest BCUT2D eigenvalue weighted by Crippen LogP contribution is -2.37. The minimum absolute atomic E-state index is 0.0618. The normalized spacial score (nSPS) is 10.6. The third-order valence-corrected chi connectivity index (χ3v) is 5.26. The minimum Gasteiger partial charge on any atom is -0.497 e. The molecule has 4 rings (SSSR count). The van der Waals surface area contributed by atoms with Crippen molar-refractivity contribution in [3.63, 3.8) is 0 Å². The number of amides is 2. The van der Waals surface area contributed by atoms with E-state index in [4.69, 9.17) is 9.47 Å². The maximum Gasteiger partial charge on any atom is 0.254 e. The number of carbonyl (C=O) groups excluding carboxylic acids is 2. The molecule has 4 aromatic rings. The standard InChI is InChI=1S/C26H26N4O4/c1-3-29(17-25(31)28-20-10-12-22(33-2)13-11-20)26(32)19-7-6-8-23(15-19)34-18-21-16-30-14-5-4-9-24(30)27-21/h4-16H,3,17-18H2,1-2H3,(H,28,31). The zero-order valence-corrected chi connectivity index (χ0v) is 19.1. The lowest BCUT2D eigenvalue weighted by Gasteiger charge is -2.21. The number of anilines is 1. The molecular formula is C26H26N4O4. The molecular weight excluding hydrogens is 432 g/mol. The highest BCUT2D eigenvalue weighted by molar-refractivity contribution is 5.99. The van der Waals surface area contributed by atoms with Gasteiger partial charge in [-0.2, -0.15) is 0 Å². The highest BCUT2D eigenvalue weighted by Crippen LogP contribution is 2.18. The van der Waals surface area contributed by atoms with Crippen molar-refractivity contribution in [3.05, 3.63) is 90.4 Å². The van der Waals surface area contributed by atoms with Gasteiger partial charge in [-0.1, -0.05) is 12.1 Å². The van der Waals surface area contributed by atoms with E-state index in [1.807, 2.05) is 41.9 Å². The Labute approximate surface area is 197 Å². The summed E-state index contributed by atoms with van der Waals surface area (Å²) in [4.78, 5) is 31.6. The number of likely N-dealkylation sites (N-methyl/N-ethyl adjacent to an activating group) is 1. The van der Waals surface area contributed by atoms with Crippen LogP contribution in [0, 0.1) is 0 Å². The largest absolute Gasteiger partial charge is 0.497 e. The Balaban J connectivity index is 1.37. The molecule has 0 aliphatic heterocycles. The van der Waals surface area contributed by atoms with Gasteiger partial charge in [0, 0.05) is 30.2 Å². The van der Waals surface area contributed by atoms with E-state index in [1.165, 1.54) is 4.90 Å². The second-order valence-electron chi connectivity index (χ2n) is 7.61. The van der Waals surface area contributed by atoms with Gasteiger partial charge in [0.15, 0.2) is 0 Å². The predicted molar refractivity (Wildman–Crippen MR) is 129 cm³/mol. The van der Waals surface area contributed by atoms with E-state index in [1.54, 1.807) is 55.6 Å². The molecule has 0 radical (unpaired) electrons. The molecule has 0 fully saturated rings. The number of rotatable bonds is 9. The smallest absolute Gasteiger partial charge is 0.254 e. The van der Waals surface area contributed by atoms with Gasteiger partial charge >= 0.3 is 0 Å². The minimum atomic E-state index is -0.278. The van der Waals surface area contributed by atoms with E-state index in [9.17, 15) is 9.59 Å². The Morgan fingerprint density at radius 1 is 1.03 bits per heavy atom. The molecule has 2 amide bonds. The lowest BCUT2D eigenvalue weighted by molar-refractivity contribution is -0.116. The van der Waals surface area contributed by atoms with Crippen LogP contribution < -0.4 is 14.8 Å². The summed E-state index contributed by atoms with van der Waals surface area (Å²) in [5, 5.41) is 2.80. The molecule has 0 aliphatic carbocycles. The van der Waals surface area contributed by atoms with Crippen LogP contribution in [0.5, 0.6) is 11.5 Å². The summed E-state index contributed by atoms with van der Waals surface area (Å²) in [6.45, 7) is 2.44. The number of nitrogens with zero attached hydrogens (tertiary/aromatic N) is 3. The van der Waals surface area contributed by atoms with Gasteiger partial charge in [0.1, 0.15) is 30.3 Å². The molecule has 2 heterocycles. The number of fused-ring (bicyclic) bond motifs is 1. The van der Waals surface area contributed by atoms with Crippen LogP contribution in [0.1, 0.15) is 23.0 Å². The molecule has 0 atom stereocenters. The zero-order valence-electron chi connectivity index (χ0n) is 19.1. The number of ether oxygens (including phenoxy) is 2. The van der Waals surface area contributed by atoms with Gasteiger partial charge in [0.25, 0.3) is 5.91 Å². The first-order valence-corrected chi connectivity index (χ1v) is 10.9. The van der Waals surface area contributed by atoms with Crippen LogP contribution in [0.15, 0.2) is 79.1 Å². The quantitative estimate of drug-likeness (QED) is 0.409. The number of methoxy groups -OCH3 is 1. The maximum absolute atomic E-state index is 13.0. The van der Waals surface area contributed by atoms with Crippen LogP contribution in [0.3, 0.4) is 0 Å². The molecule has 0 aliphatic rings. The lowest BCUT2D eigenvalue weighted by atomic mass is 10.2. The van der Waals surface area contributed by atoms with E-state index in [2.05, 4.69) is 10.3 Å². The number of pyridine rings is 1. The topological polar surface area (TPSA) is 85.2 Å². The molecule has 1 N–H and O–H groups in total. The van der Waals surface area contributed by atoms with Gasteiger partial charge in [-0.05, 0) is 61.5 Å². The van der Waals surface area contributed by atoms with Crippen LogP contribution in [0.2, 0.25) is 0 Å². The second-order valence-corrected chi connectivity index (χ2v) is 7.61. The molecule has 0 bridgehead atoms. The Kier molecular flexibility index (Phi) is 7.07. The first kappa shape index (κ1) is 22.8. The summed E-state index contributed by atoms with van der Waals surface area (Å²) >= 11 is 0. The summed E-state index contributed by atoms with van der Waals surface area (Å²) < 4.78 is 12.9. The highest BCUT2D eigenvalue weighted by atomic mass is 16.5. The second kappa shape index (κ2) is 10.5. The monoisotopic (exact) mass is 458 g/mol. The predicted octanol–water partition coefficient (Wildman–Crippen LogP) is 4.02. The van der Waals surface area contributed by atoms with E-state index in [0.29, 0.717) is 29.3 Å². The van der Waals surface area contributed by atoms with E-state index >= 15 is 0 Å². The molecule has 8 heteroatoms. The third kappa shape index (κ3) is 5.53. The average Bonchev–Trinajstić information content (AvgIpc) is 3.29. The zero-order chi connectivity index (χ0) is 23.9. The first-order chi connectivity index (χ1) is 16.6. The van der Waals surface area contributed by atoms with Crippen LogP contribution in [-0.2, 0) is 11.4 Å². The summed E-state index contributed by atoms with van der Waals surface area (Å²) in [5.41, 5.74) is 2.72. The maximum atomic E-state index is 13.0. The fourth-order valence-electron chi connectivity index (χ4n) is 3.49. The molecule has 0 saturated carbocycles. The van der Waals surface area contributed by atoms with Gasteiger partial charge in [0.2, 0.25) is 5.91 Å². The number of benzene rings is 2. The molecule has 2 aromatic heterocycles. The van der Waals surface area contributed by atoms with Crippen molar-refractivity contribution in [1.29, 1.82) is 0 Å². The Bertz CT molecular complexity index is 1250. The molecule has 2 aromatic carbocycles. The molecule has 34 heavy (non-hydrogen) atoms. The van der Waals surface area contributed by atoms with Gasteiger partial charge in [0.05, 0.1) is 12.8 Å². The molecule has 0 spiro atoms. The van der Waals surface area contributed by atoms with Crippen LogP contribution in [0.4, 0.5) is 5.69 Å². The summed E-state index contributed by atoms with van der Waals surface area (Å²) in [5.74, 6) is 0.735.